The van der Waals surface area contributed by atoms with Gasteiger partial charge < -0.3 is 0 Å². The number of hydrogen-bond donors (Lipinski definition) is 0. The number of benzene rings is 1. The van der Waals surface area contributed by atoms with Gasteiger partial charge >= 0.3 is 6.18 Å². The van der Waals surface area contributed by atoms with Crippen LogP contribution in [-0.4, -0.2) is 4.98 Å². The van der Waals surface area contributed by atoms with Crippen LogP contribution >= 0.6 is 15.9 Å². The molecule has 0 unspecified atom stereocenters. The largest absolute Gasteiger partial charge is 0.417 e. The Morgan fingerprint density at radius 1 is 1.13 bits per heavy atom. The van der Waals surface area contributed by atoms with Gasteiger partial charge in [-0.2, -0.15) is 13.2 Å². The molecule has 0 aliphatic rings. The number of fused-ring (bicyclic) bond motifs is 1. The average molecular weight is 276 g/mol. The molecule has 0 N–H and O–H groups in total. The molecule has 5 heteroatoms. The van der Waals surface area contributed by atoms with Crippen molar-refractivity contribution in [3.8, 4) is 0 Å². The van der Waals surface area contributed by atoms with Gasteiger partial charge in [0, 0.05) is 22.3 Å². The second-order valence-electron chi connectivity index (χ2n) is 3.02. The van der Waals surface area contributed by atoms with Crippen molar-refractivity contribution in [1.82, 2.24) is 4.98 Å². The second-order valence-corrected chi connectivity index (χ2v) is 3.81. The predicted molar refractivity (Wildman–Crippen MR) is 54.4 cm³/mol. The number of aromatic nitrogens is 1. The lowest BCUT2D eigenvalue weighted by atomic mass is 10.1. The molecule has 1 aromatic carbocycles. The van der Waals surface area contributed by atoms with Gasteiger partial charge in [-0.3, -0.25) is 4.98 Å². The summed E-state index contributed by atoms with van der Waals surface area (Å²) in [7, 11) is 0. The van der Waals surface area contributed by atoms with E-state index in [1.54, 1.807) is 6.07 Å². The van der Waals surface area contributed by atoms with Crippen LogP contribution in [0.5, 0.6) is 0 Å². The van der Waals surface area contributed by atoms with Crippen molar-refractivity contribution < 1.29 is 13.2 Å². The fraction of sp³-hybridized carbons (Fsp3) is 0.100. The van der Waals surface area contributed by atoms with Crippen molar-refractivity contribution in [1.29, 1.82) is 0 Å². The summed E-state index contributed by atoms with van der Waals surface area (Å²) in [6.07, 6.45) is -1.34. The summed E-state index contributed by atoms with van der Waals surface area (Å²) >= 11 is 2.97. The van der Waals surface area contributed by atoms with E-state index in [-0.39, 0.29) is 4.47 Å². The van der Waals surface area contributed by atoms with Crippen molar-refractivity contribution >= 4 is 26.7 Å². The van der Waals surface area contributed by atoms with E-state index in [4.69, 9.17) is 0 Å². The molecule has 1 nitrogen and oxygen atoms in total. The lowest BCUT2D eigenvalue weighted by Crippen LogP contribution is -2.05. The van der Waals surface area contributed by atoms with Crippen LogP contribution < -0.4 is 0 Å². The van der Waals surface area contributed by atoms with Gasteiger partial charge in [0.15, 0.2) is 0 Å². The Kier molecular flexibility index (Phi) is 2.42. The molecule has 0 spiro atoms. The van der Waals surface area contributed by atoms with Crippen molar-refractivity contribution in [2.24, 2.45) is 0 Å². The normalized spacial score (nSPS) is 12.0. The van der Waals surface area contributed by atoms with Crippen LogP contribution in [0.2, 0.25) is 0 Å². The van der Waals surface area contributed by atoms with Gasteiger partial charge in [0.2, 0.25) is 0 Å². The molecule has 0 bridgehead atoms. The summed E-state index contributed by atoms with van der Waals surface area (Å²) in [5.41, 5.74) is -0.666. The minimum absolute atomic E-state index is 0.0647. The number of halogens is 4. The SMILES string of the molecule is FC(F)(F)c1ccc2cnccc2c1Br. The number of alkyl halides is 3. The molecule has 0 saturated carbocycles. The van der Waals surface area contributed by atoms with E-state index in [9.17, 15) is 13.2 Å². The first kappa shape index (κ1) is 10.4. The summed E-state index contributed by atoms with van der Waals surface area (Å²) in [6, 6.07) is 4.01. The average Bonchev–Trinajstić information content (AvgIpc) is 2.16. The molecule has 0 aliphatic heterocycles. The molecule has 0 aliphatic carbocycles. The highest BCUT2D eigenvalue weighted by Crippen LogP contribution is 2.38. The maximum atomic E-state index is 12.5. The van der Waals surface area contributed by atoms with Crippen LogP contribution in [0, 0.1) is 0 Å². The molecule has 0 amide bonds. The van der Waals surface area contributed by atoms with E-state index in [2.05, 4.69) is 20.9 Å². The molecular weight excluding hydrogens is 271 g/mol. The van der Waals surface area contributed by atoms with Gasteiger partial charge in [-0.15, -0.1) is 0 Å². The van der Waals surface area contributed by atoms with E-state index in [0.29, 0.717) is 10.8 Å². The van der Waals surface area contributed by atoms with E-state index >= 15 is 0 Å². The quantitative estimate of drug-likeness (QED) is 0.708. The van der Waals surface area contributed by atoms with Gasteiger partial charge in [0.05, 0.1) is 5.56 Å². The third-order valence-electron chi connectivity index (χ3n) is 2.06. The topological polar surface area (TPSA) is 12.9 Å². The van der Waals surface area contributed by atoms with Gasteiger partial charge in [0.25, 0.3) is 0 Å². The summed E-state index contributed by atoms with van der Waals surface area (Å²) in [5.74, 6) is 0. The minimum Gasteiger partial charge on any atom is -0.264 e. The lowest BCUT2D eigenvalue weighted by Gasteiger charge is -2.10. The molecule has 0 fully saturated rings. The lowest BCUT2D eigenvalue weighted by molar-refractivity contribution is -0.138. The molecule has 78 valence electrons. The minimum atomic E-state index is -4.34. The Balaban J connectivity index is 2.76. The highest BCUT2D eigenvalue weighted by molar-refractivity contribution is 9.10. The van der Waals surface area contributed by atoms with Crippen LogP contribution in [-0.2, 0) is 6.18 Å². The fourth-order valence-electron chi connectivity index (χ4n) is 1.35. The third-order valence-corrected chi connectivity index (χ3v) is 2.91. The first-order chi connectivity index (χ1) is 7.00. The first-order valence-corrected chi connectivity index (χ1v) is 4.89. The van der Waals surface area contributed by atoms with Crippen molar-refractivity contribution in [2.45, 2.75) is 6.18 Å². The van der Waals surface area contributed by atoms with Gasteiger partial charge in [0.1, 0.15) is 0 Å². The summed E-state index contributed by atoms with van der Waals surface area (Å²) in [4.78, 5) is 3.84. The zero-order chi connectivity index (χ0) is 11.1. The zero-order valence-corrected chi connectivity index (χ0v) is 8.93. The number of pyridine rings is 1. The molecular formula is C10H5BrF3N. The highest BCUT2D eigenvalue weighted by atomic mass is 79.9. The summed E-state index contributed by atoms with van der Waals surface area (Å²) < 4.78 is 37.7. The Labute approximate surface area is 92.1 Å². The van der Waals surface area contributed by atoms with Crippen LogP contribution in [0.3, 0.4) is 0 Å². The van der Waals surface area contributed by atoms with E-state index in [1.807, 2.05) is 0 Å². The molecule has 0 atom stereocenters. The van der Waals surface area contributed by atoms with Crippen LogP contribution in [0.15, 0.2) is 35.1 Å². The number of nitrogens with zero attached hydrogens (tertiary/aromatic N) is 1. The standard InChI is InChI=1S/C10H5BrF3N/c11-9-7-3-4-15-5-6(7)1-2-8(9)10(12,13)14/h1-5H. The van der Waals surface area contributed by atoms with Gasteiger partial charge in [-0.05, 0) is 33.4 Å². The molecule has 2 rings (SSSR count). The Bertz CT molecular complexity index is 507. The fourth-order valence-corrected chi connectivity index (χ4v) is 2.07. The van der Waals surface area contributed by atoms with E-state index in [1.165, 1.54) is 18.5 Å². The smallest absolute Gasteiger partial charge is 0.264 e. The summed E-state index contributed by atoms with van der Waals surface area (Å²) in [5, 5.41) is 1.19. The Morgan fingerprint density at radius 2 is 1.87 bits per heavy atom. The Morgan fingerprint density at radius 3 is 2.53 bits per heavy atom. The van der Waals surface area contributed by atoms with Crippen molar-refractivity contribution in [3.05, 3.63) is 40.6 Å². The molecule has 1 aromatic heterocycles. The molecule has 1 heterocycles. The number of rotatable bonds is 0. The van der Waals surface area contributed by atoms with Gasteiger partial charge in [-0.25, -0.2) is 0 Å². The van der Waals surface area contributed by atoms with Crippen LogP contribution in [0.25, 0.3) is 10.8 Å². The van der Waals surface area contributed by atoms with Crippen molar-refractivity contribution in [2.75, 3.05) is 0 Å². The van der Waals surface area contributed by atoms with Crippen molar-refractivity contribution in [3.63, 3.8) is 0 Å². The molecule has 2 aromatic rings. The van der Waals surface area contributed by atoms with Gasteiger partial charge in [-0.1, -0.05) is 6.07 Å². The monoisotopic (exact) mass is 275 g/mol. The van der Waals surface area contributed by atoms with Crippen LogP contribution in [0.4, 0.5) is 13.2 Å². The number of hydrogen-bond acceptors (Lipinski definition) is 1. The van der Waals surface area contributed by atoms with E-state index in [0.717, 1.165) is 6.07 Å². The predicted octanol–water partition coefficient (Wildman–Crippen LogP) is 4.02. The summed E-state index contributed by atoms with van der Waals surface area (Å²) in [6.45, 7) is 0. The van der Waals surface area contributed by atoms with Crippen LogP contribution in [0.1, 0.15) is 5.56 Å². The molecule has 0 radical (unpaired) electrons. The third kappa shape index (κ3) is 1.84. The molecule has 15 heavy (non-hydrogen) atoms. The van der Waals surface area contributed by atoms with E-state index < -0.39 is 11.7 Å². The maximum absolute atomic E-state index is 12.5. The highest BCUT2D eigenvalue weighted by Gasteiger charge is 2.33. The second kappa shape index (κ2) is 3.48. The molecule has 0 saturated heterocycles. The Hall–Kier alpha value is -1.10. The maximum Gasteiger partial charge on any atom is 0.417 e. The first-order valence-electron chi connectivity index (χ1n) is 4.09. The zero-order valence-electron chi connectivity index (χ0n) is 7.35.